The molecule has 8 nitrogen and oxygen atoms in total. The monoisotopic (exact) mass is 315 g/mol. The first kappa shape index (κ1) is 15.3. The molecule has 1 N–H and O–H groups in total. The lowest BCUT2D eigenvalue weighted by molar-refractivity contribution is -0.119. The van der Waals surface area contributed by atoms with Crippen LogP contribution in [0.2, 0.25) is 0 Å². The maximum atomic E-state index is 11.9. The highest BCUT2D eigenvalue weighted by atomic mass is 16.5. The van der Waals surface area contributed by atoms with E-state index < -0.39 is 5.91 Å². The fourth-order valence-corrected chi connectivity index (χ4v) is 2.18. The van der Waals surface area contributed by atoms with Crippen molar-refractivity contribution in [1.82, 2.24) is 9.78 Å². The van der Waals surface area contributed by atoms with Crippen molar-refractivity contribution < 1.29 is 14.3 Å². The number of methoxy groups -OCH3 is 1. The number of nitrogens with one attached hydrogen (secondary N) is 1. The molecule has 0 aromatic carbocycles. The van der Waals surface area contributed by atoms with Gasteiger partial charge in [0.1, 0.15) is 12.4 Å². The van der Waals surface area contributed by atoms with Crippen LogP contribution in [0.3, 0.4) is 0 Å². The lowest BCUT2D eigenvalue weighted by Crippen LogP contribution is -2.26. The lowest BCUT2D eigenvalue weighted by Gasteiger charge is -2.12. The molecule has 1 aliphatic carbocycles. The van der Waals surface area contributed by atoms with Crippen LogP contribution in [0.15, 0.2) is 28.2 Å². The van der Waals surface area contributed by atoms with Gasteiger partial charge in [0.15, 0.2) is 0 Å². The van der Waals surface area contributed by atoms with E-state index in [2.05, 4.69) is 27.0 Å². The largest absolute Gasteiger partial charge is 0.375 e. The topological polar surface area (TPSA) is 97.9 Å². The molecule has 0 unspecified atom stereocenters. The smallest absolute Gasteiger partial charge is 0.281 e. The van der Waals surface area contributed by atoms with Gasteiger partial charge in [-0.3, -0.25) is 9.59 Å². The summed E-state index contributed by atoms with van der Waals surface area (Å²) in [6.07, 6.45) is 2.12. The van der Waals surface area contributed by atoms with E-state index in [1.165, 1.54) is 11.8 Å². The van der Waals surface area contributed by atoms with Crippen LogP contribution in [0, 0.1) is 0 Å². The zero-order valence-corrected chi connectivity index (χ0v) is 13.0. The first-order chi connectivity index (χ1) is 11.0. The van der Waals surface area contributed by atoms with Gasteiger partial charge in [0.25, 0.3) is 17.8 Å². The summed E-state index contributed by atoms with van der Waals surface area (Å²) < 4.78 is 6.19. The zero-order chi connectivity index (χ0) is 16.6. The van der Waals surface area contributed by atoms with Crippen molar-refractivity contribution in [2.45, 2.75) is 25.7 Å². The second-order valence-corrected chi connectivity index (χ2v) is 5.51. The summed E-state index contributed by atoms with van der Waals surface area (Å²) in [6, 6.07) is 1.78. The Morgan fingerprint density at radius 3 is 2.83 bits per heavy atom. The van der Waals surface area contributed by atoms with E-state index in [9.17, 15) is 9.59 Å². The van der Waals surface area contributed by atoms with Gasteiger partial charge in [-0.1, -0.05) is 6.58 Å². The molecule has 0 radical (unpaired) electrons. The number of ether oxygens (including phenoxy) is 1. The third kappa shape index (κ3) is 3.11. The van der Waals surface area contributed by atoms with Gasteiger partial charge in [0, 0.05) is 19.1 Å². The molecule has 1 saturated carbocycles. The average Bonchev–Trinajstić information content (AvgIpc) is 3.26. The van der Waals surface area contributed by atoms with Crippen molar-refractivity contribution in [3.05, 3.63) is 23.9 Å². The molecule has 1 aromatic rings. The molecular weight excluding hydrogens is 298 g/mol. The molecule has 2 amide bonds. The van der Waals surface area contributed by atoms with Crippen molar-refractivity contribution in [1.29, 1.82) is 0 Å². The van der Waals surface area contributed by atoms with Crippen molar-refractivity contribution in [3.63, 3.8) is 0 Å². The van der Waals surface area contributed by atoms with Gasteiger partial charge < -0.3 is 10.1 Å². The quantitative estimate of drug-likeness (QED) is 0.841. The number of amides is 2. The number of nitrogens with zero attached hydrogens (tertiary/aromatic N) is 4. The van der Waals surface area contributed by atoms with Gasteiger partial charge in [-0.25, -0.2) is 4.99 Å². The lowest BCUT2D eigenvalue weighted by atomic mass is 10.2. The first-order valence-corrected chi connectivity index (χ1v) is 7.26. The average molecular weight is 315 g/mol. The fraction of sp³-hybridized carbons (Fsp3) is 0.400. The molecular formula is C15H17N5O3. The highest BCUT2D eigenvalue weighted by Crippen LogP contribution is 2.40. The Hall–Kier alpha value is -2.61. The van der Waals surface area contributed by atoms with Crippen LogP contribution in [0.5, 0.6) is 0 Å². The van der Waals surface area contributed by atoms with E-state index in [0.717, 1.165) is 18.5 Å². The minimum absolute atomic E-state index is 0.0750. The zero-order valence-electron chi connectivity index (χ0n) is 13.0. The molecule has 23 heavy (non-hydrogen) atoms. The Kier molecular flexibility index (Phi) is 3.91. The van der Waals surface area contributed by atoms with E-state index in [0.29, 0.717) is 17.4 Å². The number of rotatable bonds is 4. The normalized spacial score (nSPS) is 17.8. The van der Waals surface area contributed by atoms with Gasteiger partial charge in [0.2, 0.25) is 0 Å². The molecule has 2 heterocycles. The Morgan fingerprint density at radius 2 is 2.22 bits per heavy atom. The predicted octanol–water partition coefficient (Wildman–Crippen LogP) is 1.11. The van der Waals surface area contributed by atoms with E-state index in [4.69, 9.17) is 4.74 Å². The van der Waals surface area contributed by atoms with Crippen LogP contribution in [-0.4, -0.2) is 47.0 Å². The Bertz CT molecular complexity index is 755. The molecule has 1 fully saturated rings. The second-order valence-electron chi connectivity index (χ2n) is 5.51. The maximum Gasteiger partial charge on any atom is 0.281 e. The minimum atomic E-state index is -0.454. The molecule has 3 rings (SSSR count). The summed E-state index contributed by atoms with van der Waals surface area (Å²) in [4.78, 5) is 31.8. The van der Waals surface area contributed by atoms with E-state index in [1.54, 1.807) is 13.0 Å². The van der Waals surface area contributed by atoms with Crippen LogP contribution >= 0.6 is 0 Å². The highest BCUT2D eigenvalue weighted by molar-refractivity contribution is 6.27. The summed E-state index contributed by atoms with van der Waals surface area (Å²) in [5.41, 5.74) is 1.59. The number of carbonyl (C=O) groups excluding carboxylic acids is 2. The van der Waals surface area contributed by atoms with Gasteiger partial charge in [-0.15, -0.1) is 0 Å². The van der Waals surface area contributed by atoms with E-state index in [-0.39, 0.29) is 24.0 Å². The molecule has 0 bridgehead atoms. The summed E-state index contributed by atoms with van der Waals surface area (Å²) >= 11 is 0. The Balaban J connectivity index is 1.97. The second kappa shape index (κ2) is 5.88. The van der Waals surface area contributed by atoms with Gasteiger partial charge in [0.05, 0.1) is 17.0 Å². The highest BCUT2D eigenvalue weighted by Gasteiger charge is 2.29. The Labute approximate surface area is 132 Å². The van der Waals surface area contributed by atoms with Crippen molar-refractivity contribution in [3.8, 4) is 0 Å². The van der Waals surface area contributed by atoms with E-state index >= 15 is 0 Å². The number of hydrogen-bond donors (Lipinski definition) is 1. The van der Waals surface area contributed by atoms with E-state index in [1.807, 2.05) is 0 Å². The number of anilines is 1. The van der Waals surface area contributed by atoms with Gasteiger partial charge >= 0.3 is 0 Å². The summed E-state index contributed by atoms with van der Waals surface area (Å²) in [7, 11) is 1.44. The molecule has 0 spiro atoms. The molecule has 0 saturated heterocycles. The van der Waals surface area contributed by atoms with Crippen LogP contribution in [-0.2, 0) is 14.3 Å². The van der Waals surface area contributed by atoms with Crippen molar-refractivity contribution in [2.24, 2.45) is 9.98 Å². The summed E-state index contributed by atoms with van der Waals surface area (Å²) in [5.74, 6) is 0.160. The SMILES string of the molecule is C=C1C(=O)N=C(n2nc(C3CC3)cc2NC(=O)COC)N=C1C. The Morgan fingerprint density at radius 1 is 1.48 bits per heavy atom. The van der Waals surface area contributed by atoms with Crippen LogP contribution in [0.4, 0.5) is 5.82 Å². The third-order valence-corrected chi connectivity index (χ3v) is 3.62. The summed E-state index contributed by atoms with van der Waals surface area (Å²) in [6.45, 7) is 5.25. The predicted molar refractivity (Wildman–Crippen MR) is 84.8 cm³/mol. The number of hydrogen-bond acceptors (Lipinski definition) is 5. The van der Waals surface area contributed by atoms with Crippen LogP contribution in [0.1, 0.15) is 31.4 Å². The maximum absolute atomic E-state index is 11.9. The molecule has 120 valence electrons. The first-order valence-electron chi connectivity index (χ1n) is 7.26. The van der Waals surface area contributed by atoms with Crippen molar-refractivity contribution in [2.75, 3.05) is 19.0 Å². The fourth-order valence-electron chi connectivity index (χ4n) is 2.18. The van der Waals surface area contributed by atoms with Crippen molar-refractivity contribution >= 4 is 29.3 Å². The molecule has 0 atom stereocenters. The summed E-state index contributed by atoms with van der Waals surface area (Å²) in [5, 5.41) is 7.15. The number of carbonyl (C=O) groups is 2. The molecule has 2 aliphatic rings. The van der Waals surface area contributed by atoms with Gasteiger partial charge in [-0.2, -0.15) is 14.8 Å². The molecule has 8 heteroatoms. The molecule has 1 aromatic heterocycles. The van der Waals surface area contributed by atoms with Gasteiger partial charge in [-0.05, 0) is 19.8 Å². The standard InChI is InChI=1S/C15H17N5O3/c1-8-9(2)16-15(18-14(8)22)20-12(17-13(21)7-23-3)6-11(19-20)10-4-5-10/h6,10H,1,4-5,7H2,2-3H3,(H,17,21). The van der Waals surface area contributed by atoms with Crippen LogP contribution < -0.4 is 5.32 Å². The number of aliphatic imine (C=N–C) groups is 2. The molecule has 1 aliphatic heterocycles. The van der Waals surface area contributed by atoms with Crippen LogP contribution in [0.25, 0.3) is 0 Å². The minimum Gasteiger partial charge on any atom is -0.375 e. The third-order valence-electron chi connectivity index (χ3n) is 3.62. The number of aromatic nitrogens is 2.